The lowest BCUT2D eigenvalue weighted by Crippen LogP contribution is -1.98. The maximum atomic E-state index is 5.60. The highest BCUT2D eigenvalue weighted by molar-refractivity contribution is 9.11. The first-order chi connectivity index (χ1) is 11.1. The second-order valence-corrected chi connectivity index (χ2v) is 6.25. The van der Waals surface area contributed by atoms with E-state index in [1.54, 1.807) is 6.21 Å². The fourth-order valence-electron chi connectivity index (χ4n) is 1.88. The molecule has 0 fully saturated rings. The third kappa shape index (κ3) is 5.12. The predicted molar refractivity (Wildman–Crippen MR) is 101 cm³/mol. The van der Waals surface area contributed by atoms with Crippen LogP contribution in [-0.2, 0) is 0 Å². The van der Waals surface area contributed by atoms with Gasteiger partial charge in [-0.2, -0.15) is 0 Å². The maximum Gasteiger partial charge on any atom is 0.148 e. The molecular weight excluding hydrogens is 422 g/mol. The van der Waals surface area contributed by atoms with Crippen molar-refractivity contribution in [2.75, 3.05) is 13.2 Å². The molecule has 0 unspecified atom stereocenters. The zero-order valence-electron chi connectivity index (χ0n) is 12.6. The van der Waals surface area contributed by atoms with Crippen LogP contribution in [0.3, 0.4) is 0 Å². The Labute approximate surface area is 153 Å². The van der Waals surface area contributed by atoms with Gasteiger partial charge in [0.25, 0.3) is 0 Å². The van der Waals surface area contributed by atoms with E-state index < -0.39 is 0 Å². The summed E-state index contributed by atoms with van der Waals surface area (Å²) in [7, 11) is 0. The van der Waals surface area contributed by atoms with Crippen molar-refractivity contribution in [1.82, 2.24) is 0 Å². The van der Waals surface area contributed by atoms with E-state index >= 15 is 0 Å². The molecule has 118 valence electrons. The molecule has 0 spiro atoms. The molecule has 2 aromatic carbocycles. The molecule has 0 radical (unpaired) electrons. The number of benzene rings is 2. The van der Waals surface area contributed by atoms with Gasteiger partial charge in [0.1, 0.15) is 18.1 Å². The van der Waals surface area contributed by atoms with Crippen molar-refractivity contribution >= 4 is 43.8 Å². The van der Waals surface area contributed by atoms with E-state index in [9.17, 15) is 0 Å². The molecule has 3 nitrogen and oxygen atoms in total. The number of hydrogen-bond donors (Lipinski definition) is 0. The molecule has 0 amide bonds. The van der Waals surface area contributed by atoms with Crippen LogP contribution in [0.2, 0.25) is 0 Å². The second-order valence-electron chi connectivity index (χ2n) is 4.48. The third-order valence-corrected chi connectivity index (χ3v) is 3.88. The van der Waals surface area contributed by atoms with Crippen LogP contribution < -0.4 is 9.47 Å². The minimum atomic E-state index is 0.199. The van der Waals surface area contributed by atoms with E-state index in [1.807, 2.05) is 43.3 Å². The fourth-order valence-corrected chi connectivity index (χ4v) is 3.25. The SMILES string of the molecule is C#CCOc1c(Br)cc(Br)cc1C=Nc1ccc(OCC)cc1. The number of hydrogen-bond acceptors (Lipinski definition) is 3. The molecular formula is C18H15Br2NO2. The van der Waals surface area contributed by atoms with E-state index in [0.29, 0.717) is 12.4 Å². The number of nitrogens with zero attached hydrogens (tertiary/aromatic N) is 1. The number of rotatable bonds is 6. The molecule has 0 aromatic heterocycles. The minimum Gasteiger partial charge on any atom is -0.494 e. The summed E-state index contributed by atoms with van der Waals surface area (Å²) in [5.74, 6) is 3.96. The van der Waals surface area contributed by atoms with Crippen molar-refractivity contribution < 1.29 is 9.47 Å². The Balaban J connectivity index is 2.25. The molecule has 0 bridgehead atoms. The molecule has 23 heavy (non-hydrogen) atoms. The summed E-state index contributed by atoms with van der Waals surface area (Å²) in [5, 5.41) is 0. The Morgan fingerprint density at radius 1 is 1.17 bits per heavy atom. The number of terminal acetylenes is 1. The van der Waals surface area contributed by atoms with E-state index in [1.165, 1.54) is 0 Å². The largest absolute Gasteiger partial charge is 0.494 e. The van der Waals surface area contributed by atoms with Gasteiger partial charge in [0.15, 0.2) is 0 Å². The van der Waals surface area contributed by atoms with E-state index in [4.69, 9.17) is 15.9 Å². The van der Waals surface area contributed by atoms with E-state index in [0.717, 1.165) is 25.9 Å². The normalized spacial score (nSPS) is 10.5. The smallest absolute Gasteiger partial charge is 0.148 e. The van der Waals surface area contributed by atoms with Gasteiger partial charge in [0.05, 0.1) is 16.8 Å². The fraction of sp³-hybridized carbons (Fsp3) is 0.167. The van der Waals surface area contributed by atoms with Gasteiger partial charge in [-0.05, 0) is 59.3 Å². The highest BCUT2D eigenvalue weighted by Crippen LogP contribution is 2.32. The van der Waals surface area contributed by atoms with E-state index in [-0.39, 0.29) is 6.61 Å². The van der Waals surface area contributed by atoms with Crippen LogP contribution in [0.15, 0.2) is 50.3 Å². The molecule has 0 heterocycles. The highest BCUT2D eigenvalue weighted by atomic mass is 79.9. The Morgan fingerprint density at radius 2 is 1.91 bits per heavy atom. The quantitative estimate of drug-likeness (QED) is 0.450. The molecule has 2 aromatic rings. The van der Waals surface area contributed by atoms with Crippen molar-refractivity contribution in [3.8, 4) is 23.8 Å². The van der Waals surface area contributed by atoms with Crippen LogP contribution in [-0.4, -0.2) is 19.4 Å². The van der Waals surface area contributed by atoms with Crippen LogP contribution in [0.1, 0.15) is 12.5 Å². The van der Waals surface area contributed by atoms with Gasteiger partial charge in [0, 0.05) is 16.3 Å². The maximum absolute atomic E-state index is 5.60. The number of halogens is 2. The predicted octanol–water partition coefficient (Wildman–Crippen LogP) is 5.37. The Morgan fingerprint density at radius 3 is 2.57 bits per heavy atom. The summed E-state index contributed by atoms with van der Waals surface area (Å²) in [4.78, 5) is 4.47. The first kappa shape index (κ1) is 17.6. The van der Waals surface area contributed by atoms with Crippen LogP contribution in [0.5, 0.6) is 11.5 Å². The molecule has 0 saturated carbocycles. The monoisotopic (exact) mass is 435 g/mol. The summed E-state index contributed by atoms with van der Waals surface area (Å²) < 4.78 is 12.7. The van der Waals surface area contributed by atoms with Crippen LogP contribution in [0.25, 0.3) is 0 Å². The van der Waals surface area contributed by atoms with Gasteiger partial charge in [0.2, 0.25) is 0 Å². The van der Waals surface area contributed by atoms with Gasteiger partial charge < -0.3 is 9.47 Å². The lowest BCUT2D eigenvalue weighted by atomic mass is 10.2. The Kier molecular flexibility index (Phi) is 6.69. The summed E-state index contributed by atoms with van der Waals surface area (Å²) in [6, 6.07) is 11.4. The summed E-state index contributed by atoms with van der Waals surface area (Å²) in [6.07, 6.45) is 7.01. The van der Waals surface area contributed by atoms with Gasteiger partial charge in [-0.15, -0.1) is 6.42 Å². The summed E-state index contributed by atoms with van der Waals surface area (Å²) in [6.45, 7) is 2.80. The zero-order chi connectivity index (χ0) is 16.7. The Hall–Kier alpha value is -1.77. The van der Waals surface area contributed by atoms with Crippen molar-refractivity contribution in [1.29, 1.82) is 0 Å². The first-order valence-corrected chi connectivity index (χ1v) is 8.55. The number of aliphatic imine (C=N–C) groups is 1. The Bertz CT molecular complexity index is 734. The van der Waals surface area contributed by atoms with Crippen molar-refractivity contribution in [2.24, 2.45) is 4.99 Å². The first-order valence-electron chi connectivity index (χ1n) is 6.96. The van der Waals surface area contributed by atoms with Gasteiger partial charge in [-0.1, -0.05) is 21.9 Å². The standard InChI is InChI=1S/C18H15Br2NO2/c1-3-9-23-18-13(10-14(19)11-17(18)20)12-21-15-5-7-16(8-6-15)22-4-2/h1,5-8,10-12H,4,9H2,2H3. The molecule has 0 aliphatic rings. The molecule has 0 aliphatic heterocycles. The third-order valence-electron chi connectivity index (χ3n) is 2.84. The second kappa shape index (κ2) is 8.76. The van der Waals surface area contributed by atoms with Gasteiger partial charge in [-0.25, -0.2) is 0 Å². The van der Waals surface area contributed by atoms with E-state index in [2.05, 4.69) is 42.8 Å². The average molecular weight is 437 g/mol. The average Bonchev–Trinajstić information content (AvgIpc) is 2.53. The molecule has 0 atom stereocenters. The lowest BCUT2D eigenvalue weighted by Gasteiger charge is -2.09. The summed E-state index contributed by atoms with van der Waals surface area (Å²) >= 11 is 6.94. The topological polar surface area (TPSA) is 30.8 Å². The van der Waals surface area contributed by atoms with Crippen molar-refractivity contribution in [3.05, 3.63) is 50.9 Å². The van der Waals surface area contributed by atoms with Crippen LogP contribution in [0.4, 0.5) is 5.69 Å². The van der Waals surface area contributed by atoms with Gasteiger partial charge in [-0.3, -0.25) is 4.99 Å². The minimum absolute atomic E-state index is 0.199. The van der Waals surface area contributed by atoms with Crippen molar-refractivity contribution in [2.45, 2.75) is 6.92 Å². The lowest BCUT2D eigenvalue weighted by molar-refractivity contribution is 0.340. The molecule has 2 rings (SSSR count). The molecule has 5 heteroatoms. The summed E-state index contributed by atoms with van der Waals surface area (Å²) in [5.41, 5.74) is 1.66. The zero-order valence-corrected chi connectivity index (χ0v) is 15.7. The highest BCUT2D eigenvalue weighted by Gasteiger charge is 2.08. The molecule has 0 saturated heterocycles. The molecule has 0 aliphatic carbocycles. The van der Waals surface area contributed by atoms with Crippen LogP contribution >= 0.6 is 31.9 Å². The number of ether oxygens (including phenoxy) is 2. The van der Waals surface area contributed by atoms with Gasteiger partial charge >= 0.3 is 0 Å². The van der Waals surface area contributed by atoms with Crippen molar-refractivity contribution in [3.63, 3.8) is 0 Å². The molecule has 0 N–H and O–H groups in total. The van der Waals surface area contributed by atoms with Crippen LogP contribution in [0, 0.1) is 12.3 Å².